The van der Waals surface area contributed by atoms with Gasteiger partial charge in [-0.1, -0.05) is 18.6 Å². The number of nitrogens with two attached hydrogens (primary N) is 1. The number of rotatable bonds is 6. The van der Waals surface area contributed by atoms with Crippen molar-refractivity contribution in [3.63, 3.8) is 0 Å². The second-order valence-corrected chi connectivity index (χ2v) is 6.82. The average Bonchev–Trinajstić information content (AvgIpc) is 3.21. The number of carbonyl (C=O) groups is 1. The molecule has 120 valence electrons. The number of hydrogen-bond donors (Lipinski definition) is 1. The first-order valence-corrected chi connectivity index (χ1v) is 8.40. The molecule has 0 bridgehead atoms. The van der Waals surface area contributed by atoms with E-state index in [0.717, 1.165) is 31.4 Å². The Balaban J connectivity index is 1.70. The number of benzene rings is 1. The lowest BCUT2D eigenvalue weighted by Gasteiger charge is -2.28. The van der Waals surface area contributed by atoms with Crippen molar-refractivity contribution in [2.75, 3.05) is 13.1 Å². The summed E-state index contributed by atoms with van der Waals surface area (Å²) < 4.78 is 13.1. The molecule has 2 saturated carbocycles. The summed E-state index contributed by atoms with van der Waals surface area (Å²) in [7, 11) is 0. The molecule has 1 aromatic carbocycles. The van der Waals surface area contributed by atoms with Gasteiger partial charge in [-0.25, -0.2) is 4.39 Å². The first kappa shape index (κ1) is 15.5. The van der Waals surface area contributed by atoms with Gasteiger partial charge in [0.05, 0.1) is 0 Å². The van der Waals surface area contributed by atoms with E-state index >= 15 is 0 Å². The van der Waals surface area contributed by atoms with Gasteiger partial charge in [0, 0.05) is 19.0 Å². The van der Waals surface area contributed by atoms with Crippen molar-refractivity contribution in [3.05, 3.63) is 35.6 Å². The van der Waals surface area contributed by atoms with Gasteiger partial charge in [0.2, 0.25) is 5.91 Å². The van der Waals surface area contributed by atoms with Crippen LogP contribution in [0, 0.1) is 23.6 Å². The number of amides is 1. The first-order chi connectivity index (χ1) is 10.7. The van der Waals surface area contributed by atoms with Gasteiger partial charge in [0.1, 0.15) is 5.82 Å². The molecular weight excluding hydrogens is 279 g/mol. The van der Waals surface area contributed by atoms with Gasteiger partial charge in [-0.05, 0) is 61.8 Å². The van der Waals surface area contributed by atoms with E-state index < -0.39 is 0 Å². The molecule has 0 aromatic heterocycles. The van der Waals surface area contributed by atoms with Gasteiger partial charge in [-0.15, -0.1) is 0 Å². The van der Waals surface area contributed by atoms with Gasteiger partial charge in [-0.3, -0.25) is 4.79 Å². The number of hydrogen-bond acceptors (Lipinski definition) is 2. The van der Waals surface area contributed by atoms with Crippen molar-refractivity contribution in [1.82, 2.24) is 4.90 Å². The van der Waals surface area contributed by atoms with E-state index in [1.165, 1.54) is 25.0 Å². The Labute approximate surface area is 131 Å². The highest BCUT2D eigenvalue weighted by atomic mass is 19.1. The lowest BCUT2D eigenvalue weighted by atomic mass is 9.94. The van der Waals surface area contributed by atoms with Crippen molar-refractivity contribution in [3.8, 4) is 0 Å². The summed E-state index contributed by atoms with van der Waals surface area (Å²) in [5.74, 6) is 1.10. The second kappa shape index (κ2) is 6.78. The molecule has 0 unspecified atom stereocenters. The number of halogens is 1. The lowest BCUT2D eigenvalue weighted by molar-refractivity contribution is -0.137. The van der Waals surface area contributed by atoms with E-state index in [1.54, 1.807) is 12.1 Å². The van der Waals surface area contributed by atoms with Gasteiger partial charge in [-0.2, -0.15) is 0 Å². The molecule has 0 spiro atoms. The van der Waals surface area contributed by atoms with Crippen LogP contribution in [-0.4, -0.2) is 23.9 Å². The fourth-order valence-electron chi connectivity index (χ4n) is 3.53. The monoisotopic (exact) mass is 304 g/mol. The van der Waals surface area contributed by atoms with Crippen LogP contribution in [0.25, 0.3) is 0 Å². The summed E-state index contributed by atoms with van der Waals surface area (Å²) >= 11 is 0. The minimum Gasteiger partial charge on any atom is -0.338 e. The van der Waals surface area contributed by atoms with Crippen LogP contribution in [0.2, 0.25) is 0 Å². The second-order valence-electron chi connectivity index (χ2n) is 6.82. The van der Waals surface area contributed by atoms with Gasteiger partial charge in [0.15, 0.2) is 0 Å². The minimum atomic E-state index is -0.234. The molecule has 2 N–H and O–H groups in total. The van der Waals surface area contributed by atoms with Crippen LogP contribution in [0.3, 0.4) is 0 Å². The summed E-state index contributed by atoms with van der Waals surface area (Å²) in [6.07, 6.45) is 5.58. The molecule has 2 aliphatic rings. The fraction of sp³-hybridized carbons (Fsp3) is 0.611. The molecule has 0 aliphatic heterocycles. The summed E-state index contributed by atoms with van der Waals surface area (Å²) in [6.45, 7) is 2.03. The number of carbonyl (C=O) groups excluding carboxylic acids is 1. The molecular formula is C18H25FN2O. The highest BCUT2D eigenvalue weighted by Crippen LogP contribution is 2.35. The topological polar surface area (TPSA) is 46.3 Å². The van der Waals surface area contributed by atoms with E-state index in [2.05, 4.69) is 0 Å². The van der Waals surface area contributed by atoms with E-state index in [1.807, 2.05) is 4.90 Å². The van der Waals surface area contributed by atoms with Crippen molar-refractivity contribution in [2.24, 2.45) is 23.5 Å². The maximum atomic E-state index is 13.1. The Kier molecular flexibility index (Phi) is 4.77. The SMILES string of the molecule is NC[C@H]1CCC[C@H]1C(=O)N(Cc1ccc(F)cc1)CC1CC1. The summed E-state index contributed by atoms with van der Waals surface area (Å²) in [4.78, 5) is 14.9. The molecule has 2 fully saturated rings. The van der Waals surface area contributed by atoms with E-state index in [4.69, 9.17) is 5.73 Å². The largest absolute Gasteiger partial charge is 0.338 e. The molecule has 2 atom stereocenters. The molecule has 0 heterocycles. The van der Waals surface area contributed by atoms with Crippen LogP contribution < -0.4 is 5.73 Å². The Morgan fingerprint density at radius 1 is 1.18 bits per heavy atom. The van der Waals surface area contributed by atoms with Crippen LogP contribution in [0.4, 0.5) is 4.39 Å². The van der Waals surface area contributed by atoms with Gasteiger partial charge in [0.25, 0.3) is 0 Å². The number of nitrogens with zero attached hydrogens (tertiary/aromatic N) is 1. The lowest BCUT2D eigenvalue weighted by Crippen LogP contribution is -2.39. The Morgan fingerprint density at radius 3 is 2.55 bits per heavy atom. The zero-order chi connectivity index (χ0) is 15.5. The zero-order valence-corrected chi connectivity index (χ0v) is 13.0. The van der Waals surface area contributed by atoms with Crippen LogP contribution in [0.5, 0.6) is 0 Å². The van der Waals surface area contributed by atoms with Gasteiger partial charge < -0.3 is 10.6 Å². The van der Waals surface area contributed by atoms with E-state index in [0.29, 0.717) is 24.9 Å². The predicted octanol–water partition coefficient (Wildman–Crippen LogP) is 2.94. The Bertz CT molecular complexity index is 512. The standard InChI is InChI=1S/C18H25FN2O/c19-16-8-6-14(7-9-16)12-21(11-13-4-5-13)18(22)17-3-1-2-15(17)10-20/h6-9,13,15,17H,1-5,10-12,20H2/t15-,17-/m1/s1. The Hall–Kier alpha value is -1.42. The van der Waals surface area contributed by atoms with Crippen LogP contribution in [-0.2, 0) is 11.3 Å². The van der Waals surface area contributed by atoms with Crippen molar-refractivity contribution >= 4 is 5.91 Å². The molecule has 1 aromatic rings. The summed E-state index contributed by atoms with van der Waals surface area (Å²) in [5.41, 5.74) is 6.83. The molecule has 0 saturated heterocycles. The smallest absolute Gasteiger partial charge is 0.226 e. The molecule has 3 rings (SSSR count). The maximum absolute atomic E-state index is 13.1. The summed E-state index contributed by atoms with van der Waals surface area (Å²) in [5, 5.41) is 0. The average molecular weight is 304 g/mol. The van der Waals surface area contributed by atoms with Crippen molar-refractivity contribution < 1.29 is 9.18 Å². The van der Waals surface area contributed by atoms with Gasteiger partial charge >= 0.3 is 0 Å². The third-order valence-corrected chi connectivity index (χ3v) is 5.05. The third-order valence-electron chi connectivity index (χ3n) is 5.05. The van der Waals surface area contributed by atoms with Crippen LogP contribution in [0.15, 0.2) is 24.3 Å². The highest BCUT2D eigenvalue weighted by molar-refractivity contribution is 5.79. The fourth-order valence-corrected chi connectivity index (χ4v) is 3.53. The molecule has 3 nitrogen and oxygen atoms in total. The van der Waals surface area contributed by atoms with Crippen LogP contribution >= 0.6 is 0 Å². The minimum absolute atomic E-state index is 0.0872. The van der Waals surface area contributed by atoms with Crippen LogP contribution in [0.1, 0.15) is 37.7 Å². The Morgan fingerprint density at radius 2 is 1.91 bits per heavy atom. The zero-order valence-electron chi connectivity index (χ0n) is 13.0. The third kappa shape index (κ3) is 3.67. The molecule has 22 heavy (non-hydrogen) atoms. The molecule has 2 aliphatic carbocycles. The quantitative estimate of drug-likeness (QED) is 0.878. The maximum Gasteiger partial charge on any atom is 0.226 e. The summed E-state index contributed by atoms with van der Waals surface area (Å²) in [6, 6.07) is 6.48. The molecule has 4 heteroatoms. The van der Waals surface area contributed by atoms with E-state index in [9.17, 15) is 9.18 Å². The first-order valence-electron chi connectivity index (χ1n) is 8.40. The normalized spacial score (nSPS) is 24.5. The van der Waals surface area contributed by atoms with E-state index in [-0.39, 0.29) is 17.6 Å². The van der Waals surface area contributed by atoms with Crippen molar-refractivity contribution in [1.29, 1.82) is 0 Å². The highest BCUT2D eigenvalue weighted by Gasteiger charge is 2.36. The molecule has 0 radical (unpaired) electrons. The predicted molar refractivity (Wildman–Crippen MR) is 84.4 cm³/mol. The molecule has 1 amide bonds. The van der Waals surface area contributed by atoms with Crippen molar-refractivity contribution in [2.45, 2.75) is 38.6 Å².